The highest BCUT2D eigenvalue weighted by molar-refractivity contribution is 5.21. The van der Waals surface area contributed by atoms with Crippen LogP contribution in [0.4, 0.5) is 0 Å². The molecule has 0 spiro atoms. The molecule has 10 heavy (non-hydrogen) atoms. The number of rotatable bonds is 0. The van der Waals surface area contributed by atoms with Gasteiger partial charge in [0.05, 0.1) is 6.07 Å². The number of hydrogen-bond acceptors (Lipinski definition) is 3. The van der Waals surface area contributed by atoms with E-state index in [0.29, 0.717) is 5.78 Å². The van der Waals surface area contributed by atoms with Crippen LogP contribution in [0.3, 0.4) is 0 Å². The van der Waals surface area contributed by atoms with Crippen molar-refractivity contribution in [2.75, 3.05) is 0 Å². The fourth-order valence-corrected chi connectivity index (χ4v) is 0.689. The molecule has 5 heteroatoms. The van der Waals surface area contributed by atoms with Crippen LogP contribution >= 0.6 is 0 Å². The van der Waals surface area contributed by atoms with Crippen molar-refractivity contribution in [3.05, 3.63) is 28.9 Å². The third-order valence-corrected chi connectivity index (χ3v) is 1.11. The van der Waals surface area contributed by atoms with Gasteiger partial charge in [-0.25, -0.2) is 9.50 Å². The smallest absolute Gasteiger partial charge is 0.281 e. The predicted octanol–water partition coefficient (Wildman–Crippen LogP) is -0.782. The summed E-state index contributed by atoms with van der Waals surface area (Å²) >= 11 is 0. The highest BCUT2D eigenvalue weighted by atomic mass is 16.1. The fourth-order valence-electron chi connectivity index (χ4n) is 0.689. The minimum atomic E-state index is -0.396. The summed E-state index contributed by atoms with van der Waals surface area (Å²) in [5.74, 6) is 0.365. The van der Waals surface area contributed by atoms with Gasteiger partial charge in [-0.05, 0) is 0 Å². The molecule has 5 nitrogen and oxygen atoms in total. The van der Waals surface area contributed by atoms with Crippen molar-refractivity contribution in [2.45, 2.75) is 0 Å². The number of nitrogens with one attached hydrogen (secondary N) is 1. The molecule has 0 amide bonds. The van der Waals surface area contributed by atoms with E-state index in [4.69, 9.17) is 0 Å². The normalized spacial score (nSPS) is 10.4. The van der Waals surface area contributed by atoms with E-state index in [9.17, 15) is 4.79 Å². The average molecular weight is 135 g/mol. The zero-order valence-corrected chi connectivity index (χ0v) is 4.90. The molecule has 0 aliphatic carbocycles. The first-order chi connectivity index (χ1) is 4.86. The molecule has 0 aromatic carbocycles. The van der Waals surface area contributed by atoms with Crippen molar-refractivity contribution < 1.29 is 0 Å². The molecule has 49 valence electrons. The molecule has 0 aliphatic heterocycles. The first-order valence-corrected chi connectivity index (χ1v) is 2.67. The van der Waals surface area contributed by atoms with E-state index < -0.39 is 5.56 Å². The molecule has 0 saturated carbocycles. The Kier molecular flexibility index (Phi) is 0.858. The van der Waals surface area contributed by atoms with Gasteiger partial charge in [-0.2, -0.15) is 4.98 Å². The minimum absolute atomic E-state index is 0.365. The Hall–Kier alpha value is -1.65. The lowest BCUT2D eigenvalue weighted by molar-refractivity contribution is 0.928. The minimum Gasteiger partial charge on any atom is -0.281 e. The molecule has 0 unspecified atom stereocenters. The molecule has 2 aromatic rings. The first-order valence-electron chi connectivity index (χ1n) is 2.67. The number of nitrogens with zero attached hydrogens (tertiary/aromatic N) is 3. The van der Waals surface area contributed by atoms with Crippen molar-refractivity contribution >= 4 is 5.78 Å². The summed E-state index contributed by atoms with van der Waals surface area (Å²) in [5, 5.41) is 2.72. The maximum absolute atomic E-state index is 10.5. The molecule has 0 aliphatic rings. The topological polar surface area (TPSA) is 63.0 Å². The third kappa shape index (κ3) is 0.604. The summed E-state index contributed by atoms with van der Waals surface area (Å²) in [7, 11) is 0. The molecule has 1 radical (unpaired) electrons. The highest BCUT2D eigenvalue weighted by Gasteiger charge is 1.92. The van der Waals surface area contributed by atoms with Crippen LogP contribution < -0.4 is 5.56 Å². The summed E-state index contributed by atoms with van der Waals surface area (Å²) in [6, 6.07) is 2.39. The van der Waals surface area contributed by atoms with Crippen LogP contribution in [0.15, 0.2) is 17.3 Å². The summed E-state index contributed by atoms with van der Waals surface area (Å²) in [6.07, 6.45) is 2.91. The number of H-pyrrole nitrogens is 1. The molecule has 1 N–H and O–H groups in total. The van der Waals surface area contributed by atoms with Gasteiger partial charge in [-0.1, -0.05) is 0 Å². The molecular weight excluding hydrogens is 132 g/mol. The Morgan fingerprint density at radius 1 is 1.70 bits per heavy atom. The standard InChI is InChI=1S/C5H3N4O/c10-4-1-2-9-5(8-4)6-3-7-9/h2-3H,(H,6,7,8,10). The lowest BCUT2D eigenvalue weighted by Crippen LogP contribution is -2.06. The number of hydrogen-bond donors (Lipinski definition) is 1. The first kappa shape index (κ1) is 5.16. The molecule has 0 bridgehead atoms. The van der Waals surface area contributed by atoms with Crippen LogP contribution in [0.25, 0.3) is 5.78 Å². The van der Waals surface area contributed by atoms with Crippen molar-refractivity contribution in [2.24, 2.45) is 0 Å². The molecule has 0 atom stereocenters. The van der Waals surface area contributed by atoms with Gasteiger partial charge in [0.25, 0.3) is 11.3 Å². The van der Waals surface area contributed by atoms with Crippen molar-refractivity contribution in [1.29, 1.82) is 0 Å². The maximum Gasteiger partial charge on any atom is 0.282 e. The lowest BCUT2D eigenvalue weighted by atomic mass is 10.7. The average Bonchev–Trinajstić information content (AvgIpc) is 2.33. The second-order valence-corrected chi connectivity index (χ2v) is 1.75. The summed E-state index contributed by atoms with van der Waals surface area (Å²) in [4.78, 5) is 17.8. The summed E-state index contributed by atoms with van der Waals surface area (Å²) in [6.45, 7) is 0. The van der Waals surface area contributed by atoms with Crippen LogP contribution in [0.2, 0.25) is 0 Å². The number of fused-ring (bicyclic) bond motifs is 1. The van der Waals surface area contributed by atoms with Crippen LogP contribution in [-0.2, 0) is 0 Å². The van der Waals surface area contributed by atoms with E-state index in [1.165, 1.54) is 17.0 Å². The highest BCUT2D eigenvalue weighted by Crippen LogP contribution is 1.84. The largest absolute Gasteiger partial charge is 0.282 e. The number of aromatic nitrogens is 4. The van der Waals surface area contributed by atoms with Gasteiger partial charge in [0, 0.05) is 6.20 Å². The Morgan fingerprint density at radius 3 is 3.50 bits per heavy atom. The van der Waals surface area contributed by atoms with Gasteiger partial charge in [0.2, 0.25) is 0 Å². The maximum atomic E-state index is 10.5. The van der Waals surface area contributed by atoms with Crippen LogP contribution in [0.1, 0.15) is 0 Å². The van der Waals surface area contributed by atoms with Crippen LogP contribution in [0.5, 0.6) is 0 Å². The second kappa shape index (κ2) is 1.66. The zero-order chi connectivity index (χ0) is 6.97. The Bertz CT molecular complexity index is 401. The molecule has 0 fully saturated rings. The van der Waals surface area contributed by atoms with E-state index in [1.54, 1.807) is 0 Å². The Balaban J connectivity index is 2.99. The number of aromatic amines is 1. The van der Waals surface area contributed by atoms with Gasteiger partial charge >= 0.3 is 0 Å². The van der Waals surface area contributed by atoms with Crippen LogP contribution in [-0.4, -0.2) is 19.6 Å². The van der Waals surface area contributed by atoms with Gasteiger partial charge in [-0.3, -0.25) is 9.89 Å². The lowest BCUT2D eigenvalue weighted by Gasteiger charge is -1.84. The van der Waals surface area contributed by atoms with Gasteiger partial charge in [-0.15, -0.1) is 0 Å². The summed E-state index contributed by atoms with van der Waals surface area (Å²) < 4.78 is 1.50. The van der Waals surface area contributed by atoms with Crippen molar-refractivity contribution in [3.8, 4) is 0 Å². The van der Waals surface area contributed by atoms with Gasteiger partial charge in [0.15, 0.2) is 0 Å². The van der Waals surface area contributed by atoms with Crippen LogP contribution in [0, 0.1) is 6.07 Å². The fraction of sp³-hybridized carbons (Fsp3) is 0. The van der Waals surface area contributed by atoms with E-state index in [1.807, 2.05) is 0 Å². The van der Waals surface area contributed by atoms with Crippen molar-refractivity contribution in [1.82, 2.24) is 19.6 Å². The van der Waals surface area contributed by atoms with E-state index in [2.05, 4.69) is 21.1 Å². The Labute approximate surface area is 55.3 Å². The van der Waals surface area contributed by atoms with E-state index in [0.717, 1.165) is 0 Å². The van der Waals surface area contributed by atoms with E-state index in [-0.39, 0.29) is 0 Å². The third-order valence-electron chi connectivity index (χ3n) is 1.11. The predicted molar refractivity (Wildman–Crippen MR) is 32.4 cm³/mol. The Morgan fingerprint density at radius 2 is 2.60 bits per heavy atom. The molecular formula is C5H3N4O. The monoisotopic (exact) mass is 135 g/mol. The molecule has 0 saturated heterocycles. The molecule has 2 rings (SSSR count). The van der Waals surface area contributed by atoms with Gasteiger partial charge in [0.1, 0.15) is 6.33 Å². The quantitative estimate of drug-likeness (QED) is 0.515. The molecule has 2 aromatic heterocycles. The van der Waals surface area contributed by atoms with E-state index >= 15 is 0 Å². The van der Waals surface area contributed by atoms with Crippen molar-refractivity contribution in [3.63, 3.8) is 0 Å². The molecule has 2 heterocycles. The summed E-state index contributed by atoms with van der Waals surface area (Å²) in [5.41, 5.74) is -0.396. The van der Waals surface area contributed by atoms with Gasteiger partial charge < -0.3 is 0 Å². The zero-order valence-electron chi connectivity index (χ0n) is 4.90. The second-order valence-electron chi connectivity index (χ2n) is 1.75. The SMILES string of the molecule is O=c1[c]cn2[nH]cnc2n1.